The van der Waals surface area contributed by atoms with Crippen molar-refractivity contribution in [3.05, 3.63) is 88.9 Å². The zero-order valence-corrected chi connectivity index (χ0v) is 20.3. The van der Waals surface area contributed by atoms with Gasteiger partial charge in [0, 0.05) is 0 Å². The van der Waals surface area contributed by atoms with E-state index in [9.17, 15) is 26.4 Å². The number of benzene rings is 3. The number of amides is 1. The third-order valence-corrected chi connectivity index (χ3v) is 7.25. The highest BCUT2D eigenvalue weighted by Crippen LogP contribution is 2.37. The van der Waals surface area contributed by atoms with E-state index >= 15 is 0 Å². The van der Waals surface area contributed by atoms with Crippen molar-refractivity contribution in [1.82, 2.24) is 5.32 Å². The lowest BCUT2D eigenvalue weighted by Gasteiger charge is -2.26. The highest BCUT2D eigenvalue weighted by Gasteiger charge is 2.34. The second-order valence-electron chi connectivity index (χ2n) is 7.55. The van der Waals surface area contributed by atoms with Gasteiger partial charge in [-0.15, -0.1) is 0 Å². The van der Waals surface area contributed by atoms with Crippen LogP contribution in [0.1, 0.15) is 24.1 Å². The minimum Gasteiger partial charge on any atom is -0.497 e. The fourth-order valence-electron chi connectivity index (χ4n) is 3.29. The van der Waals surface area contributed by atoms with E-state index in [2.05, 4.69) is 5.32 Å². The Labute approximate surface area is 206 Å². The molecule has 1 amide bonds. The van der Waals surface area contributed by atoms with Gasteiger partial charge in [0.25, 0.3) is 10.0 Å². The molecule has 186 valence electrons. The Balaban J connectivity index is 1.97. The number of nitrogens with one attached hydrogen (secondary N) is 1. The predicted octanol–water partition coefficient (Wildman–Crippen LogP) is 5.44. The van der Waals surface area contributed by atoms with Crippen molar-refractivity contribution in [1.29, 1.82) is 0 Å². The fraction of sp³-hybridized carbons (Fsp3) is 0.208. The van der Waals surface area contributed by atoms with Crippen LogP contribution in [-0.2, 0) is 21.0 Å². The minimum atomic E-state index is -4.74. The molecule has 0 saturated carbocycles. The summed E-state index contributed by atoms with van der Waals surface area (Å²) in [5.41, 5.74) is -0.844. The summed E-state index contributed by atoms with van der Waals surface area (Å²) < 4.78 is 72.6. The number of alkyl halides is 3. The Bertz CT molecular complexity index is 1280. The molecule has 0 radical (unpaired) electrons. The van der Waals surface area contributed by atoms with Gasteiger partial charge in [0.15, 0.2) is 0 Å². The van der Waals surface area contributed by atoms with Crippen molar-refractivity contribution in [2.45, 2.75) is 24.0 Å². The average Bonchev–Trinajstić information content (AvgIpc) is 2.82. The van der Waals surface area contributed by atoms with Gasteiger partial charge in [-0.25, -0.2) is 8.42 Å². The van der Waals surface area contributed by atoms with E-state index in [4.69, 9.17) is 16.3 Å². The largest absolute Gasteiger partial charge is 0.497 e. The summed E-state index contributed by atoms with van der Waals surface area (Å²) in [6.07, 6.45) is -4.74. The Morgan fingerprint density at radius 2 is 1.69 bits per heavy atom. The van der Waals surface area contributed by atoms with Crippen LogP contribution in [-0.4, -0.2) is 28.0 Å². The van der Waals surface area contributed by atoms with Crippen LogP contribution in [0.2, 0.25) is 5.02 Å². The van der Waals surface area contributed by atoms with Gasteiger partial charge in [0.05, 0.1) is 34.3 Å². The molecule has 0 bridgehead atoms. The standard InChI is InChI=1S/C24H22ClF3N2O4S/c1-16(17-8-11-19(34-2)12-9-17)29-23(31)15-30(35(32,33)20-6-4-3-5-7-20)22-14-18(24(26,27)28)10-13-21(22)25/h3-14,16H,15H2,1-2H3,(H,29,31)/t16-/m0/s1. The van der Waals surface area contributed by atoms with E-state index in [-0.39, 0.29) is 9.92 Å². The number of halogens is 4. The number of hydrogen-bond donors (Lipinski definition) is 1. The first kappa shape index (κ1) is 26.4. The number of sulfonamides is 1. The van der Waals surface area contributed by atoms with Gasteiger partial charge < -0.3 is 10.1 Å². The Morgan fingerprint density at radius 3 is 2.26 bits per heavy atom. The number of rotatable bonds is 8. The monoisotopic (exact) mass is 526 g/mol. The molecule has 0 aromatic heterocycles. The summed E-state index contributed by atoms with van der Waals surface area (Å²) in [5.74, 6) is -0.118. The van der Waals surface area contributed by atoms with Gasteiger partial charge in [0.1, 0.15) is 12.3 Å². The highest BCUT2D eigenvalue weighted by molar-refractivity contribution is 7.92. The van der Waals surface area contributed by atoms with E-state index in [1.54, 1.807) is 37.3 Å². The third kappa shape index (κ3) is 6.26. The molecule has 1 N–H and O–H groups in total. The van der Waals surface area contributed by atoms with Gasteiger partial charge in [-0.2, -0.15) is 13.2 Å². The van der Waals surface area contributed by atoms with Crippen molar-refractivity contribution < 1.29 is 31.1 Å². The van der Waals surface area contributed by atoms with Crippen LogP contribution in [0.15, 0.2) is 77.7 Å². The maximum atomic E-state index is 13.4. The fourth-order valence-corrected chi connectivity index (χ4v) is 5.02. The van der Waals surface area contributed by atoms with Gasteiger partial charge in [-0.1, -0.05) is 41.9 Å². The number of hydrogen-bond acceptors (Lipinski definition) is 4. The Kier molecular flexibility index (Phi) is 7.97. The first-order valence-electron chi connectivity index (χ1n) is 10.3. The van der Waals surface area contributed by atoms with Crippen LogP contribution >= 0.6 is 11.6 Å². The summed E-state index contributed by atoms with van der Waals surface area (Å²) in [5, 5.41) is 2.41. The lowest BCUT2D eigenvalue weighted by molar-refractivity contribution is -0.137. The molecule has 0 spiro atoms. The number of carbonyl (C=O) groups excluding carboxylic acids is 1. The minimum absolute atomic E-state index is 0.204. The molecular weight excluding hydrogens is 505 g/mol. The topological polar surface area (TPSA) is 75.7 Å². The molecule has 0 aliphatic rings. The van der Waals surface area contributed by atoms with Crippen LogP contribution in [0.4, 0.5) is 18.9 Å². The van der Waals surface area contributed by atoms with Gasteiger partial charge in [0.2, 0.25) is 5.91 Å². The number of nitrogens with zero attached hydrogens (tertiary/aromatic N) is 1. The first-order valence-corrected chi connectivity index (χ1v) is 12.1. The molecule has 0 aliphatic heterocycles. The molecule has 0 saturated heterocycles. The molecular formula is C24H22ClF3N2O4S. The second-order valence-corrected chi connectivity index (χ2v) is 9.82. The predicted molar refractivity (Wildman–Crippen MR) is 127 cm³/mol. The molecule has 35 heavy (non-hydrogen) atoms. The number of methoxy groups -OCH3 is 1. The third-order valence-electron chi connectivity index (χ3n) is 5.15. The Morgan fingerprint density at radius 1 is 1.06 bits per heavy atom. The van der Waals surface area contributed by atoms with Crippen molar-refractivity contribution in [3.63, 3.8) is 0 Å². The van der Waals surface area contributed by atoms with E-state index < -0.39 is 45.9 Å². The zero-order chi connectivity index (χ0) is 25.8. The SMILES string of the molecule is COc1ccc([C@H](C)NC(=O)CN(c2cc(C(F)(F)F)ccc2Cl)S(=O)(=O)c2ccccc2)cc1. The number of anilines is 1. The van der Waals surface area contributed by atoms with Crippen molar-refractivity contribution in [2.75, 3.05) is 18.0 Å². The molecule has 3 rings (SSSR count). The summed E-state index contributed by atoms with van der Waals surface area (Å²) in [6.45, 7) is 0.895. The summed E-state index contributed by atoms with van der Waals surface area (Å²) in [4.78, 5) is 12.7. The van der Waals surface area contributed by atoms with Crippen molar-refractivity contribution in [2.24, 2.45) is 0 Å². The average molecular weight is 527 g/mol. The lowest BCUT2D eigenvalue weighted by Crippen LogP contribution is -2.41. The zero-order valence-electron chi connectivity index (χ0n) is 18.7. The Hall–Kier alpha value is -3.24. The number of carbonyl (C=O) groups is 1. The van der Waals surface area contributed by atoms with Crippen molar-refractivity contribution >= 4 is 33.2 Å². The molecule has 1 atom stereocenters. The van der Waals surface area contributed by atoms with Crippen LogP contribution in [0.3, 0.4) is 0 Å². The first-order chi connectivity index (χ1) is 16.4. The van der Waals surface area contributed by atoms with Gasteiger partial charge >= 0.3 is 6.18 Å². The molecule has 0 aliphatic carbocycles. The van der Waals surface area contributed by atoms with Gasteiger partial charge in [-0.05, 0) is 55.0 Å². The van der Waals surface area contributed by atoms with Crippen LogP contribution in [0.25, 0.3) is 0 Å². The number of ether oxygens (including phenoxy) is 1. The van der Waals surface area contributed by atoms with Crippen molar-refractivity contribution in [3.8, 4) is 5.75 Å². The molecule has 0 unspecified atom stereocenters. The van der Waals surface area contributed by atoms with E-state index in [1.165, 1.54) is 31.4 Å². The normalized spacial score (nSPS) is 12.6. The summed E-state index contributed by atoms with van der Waals surface area (Å²) in [7, 11) is -2.92. The molecule has 0 fully saturated rings. The smallest absolute Gasteiger partial charge is 0.416 e. The summed E-state index contributed by atoms with van der Waals surface area (Å²) >= 11 is 6.13. The maximum Gasteiger partial charge on any atom is 0.416 e. The van der Waals surface area contributed by atoms with E-state index in [0.29, 0.717) is 21.7 Å². The molecule has 3 aromatic carbocycles. The van der Waals surface area contributed by atoms with E-state index in [0.717, 1.165) is 12.1 Å². The van der Waals surface area contributed by atoms with E-state index in [1.807, 2.05) is 0 Å². The molecule has 0 heterocycles. The molecule has 3 aromatic rings. The lowest BCUT2D eigenvalue weighted by atomic mass is 10.1. The molecule has 11 heteroatoms. The van der Waals surface area contributed by atoms with Crippen LogP contribution < -0.4 is 14.4 Å². The second kappa shape index (κ2) is 10.6. The van der Waals surface area contributed by atoms with Crippen LogP contribution in [0, 0.1) is 0 Å². The molecule has 6 nitrogen and oxygen atoms in total. The van der Waals surface area contributed by atoms with Crippen LogP contribution in [0.5, 0.6) is 5.75 Å². The maximum absolute atomic E-state index is 13.4. The van der Waals surface area contributed by atoms with Gasteiger partial charge in [-0.3, -0.25) is 9.10 Å². The quantitative estimate of drug-likeness (QED) is 0.424. The summed E-state index contributed by atoms with van der Waals surface area (Å²) in [6, 6.07) is 15.7. The highest BCUT2D eigenvalue weighted by atomic mass is 35.5.